The van der Waals surface area contributed by atoms with Crippen molar-refractivity contribution >= 4 is 27.5 Å². The molecule has 1 N–H and O–H groups in total. The second kappa shape index (κ2) is 7.33. The van der Waals surface area contributed by atoms with E-state index >= 15 is 0 Å². The summed E-state index contributed by atoms with van der Waals surface area (Å²) < 4.78 is 6.57. The lowest BCUT2D eigenvalue weighted by Gasteiger charge is -2.05. The molecule has 0 spiro atoms. The third kappa shape index (κ3) is 3.48. The van der Waals surface area contributed by atoms with Gasteiger partial charge in [0.05, 0.1) is 23.9 Å². The number of nitrogens with zero attached hydrogens (tertiary/aromatic N) is 2. The number of aryl methyl sites for hydroxylation is 1. The molecule has 0 amide bonds. The predicted octanol–water partition coefficient (Wildman–Crippen LogP) is 1.80. The van der Waals surface area contributed by atoms with Crippen molar-refractivity contribution in [2.75, 3.05) is 13.2 Å². The fourth-order valence-corrected chi connectivity index (χ4v) is 2.77. The van der Waals surface area contributed by atoms with Crippen LogP contribution in [0.5, 0.6) is 0 Å². The highest BCUT2D eigenvalue weighted by Gasteiger charge is 2.18. The lowest BCUT2D eigenvalue weighted by molar-refractivity contribution is 0.0502. The second-order valence-corrected chi connectivity index (χ2v) is 5.50. The highest BCUT2D eigenvalue weighted by molar-refractivity contribution is 7.17. The molecule has 114 valence electrons. The Hall–Kier alpha value is -1.73. The van der Waals surface area contributed by atoms with Crippen molar-refractivity contribution in [3.8, 4) is 0 Å². The molecule has 0 aliphatic heterocycles. The first-order valence-electron chi connectivity index (χ1n) is 6.93. The van der Waals surface area contributed by atoms with E-state index in [2.05, 4.69) is 4.98 Å². The Balaban J connectivity index is 2.32. The van der Waals surface area contributed by atoms with Crippen LogP contribution in [0.2, 0.25) is 0 Å². The largest absolute Gasteiger partial charge is 0.462 e. The van der Waals surface area contributed by atoms with Crippen molar-refractivity contribution < 1.29 is 14.6 Å². The minimum absolute atomic E-state index is 0.0000304. The molecule has 0 bridgehead atoms. The first kappa shape index (κ1) is 15.7. The zero-order valence-electron chi connectivity index (χ0n) is 11.9. The van der Waals surface area contributed by atoms with Gasteiger partial charge in [0.25, 0.3) is 5.56 Å². The Morgan fingerprint density at radius 1 is 1.48 bits per heavy atom. The van der Waals surface area contributed by atoms with Gasteiger partial charge in [-0.05, 0) is 12.8 Å². The van der Waals surface area contributed by atoms with Gasteiger partial charge in [0.15, 0.2) is 0 Å². The molecule has 7 heteroatoms. The minimum atomic E-state index is -0.478. The molecule has 0 saturated heterocycles. The van der Waals surface area contributed by atoms with Crippen LogP contribution in [0.4, 0.5) is 0 Å². The molecule has 2 heterocycles. The topological polar surface area (TPSA) is 81.4 Å². The molecule has 0 unspecified atom stereocenters. The van der Waals surface area contributed by atoms with E-state index in [9.17, 15) is 9.59 Å². The number of rotatable bonds is 7. The maximum Gasteiger partial charge on any atom is 0.339 e. The van der Waals surface area contributed by atoms with E-state index in [4.69, 9.17) is 9.84 Å². The number of carbonyl (C=O) groups excluding carboxylic acids is 1. The summed E-state index contributed by atoms with van der Waals surface area (Å²) in [7, 11) is 0. The molecule has 6 nitrogen and oxygen atoms in total. The lowest BCUT2D eigenvalue weighted by atomic mass is 10.2. The summed E-state index contributed by atoms with van der Waals surface area (Å²) in [4.78, 5) is 29.1. The van der Waals surface area contributed by atoms with E-state index in [1.54, 1.807) is 5.38 Å². The number of unbranched alkanes of at least 4 members (excludes halogenated alkanes) is 1. The maximum absolute atomic E-state index is 12.4. The summed E-state index contributed by atoms with van der Waals surface area (Å²) in [5.41, 5.74) is 0.0130. The van der Waals surface area contributed by atoms with Crippen molar-refractivity contribution in [3.05, 3.63) is 27.6 Å². The van der Waals surface area contributed by atoms with Crippen molar-refractivity contribution in [1.29, 1.82) is 0 Å². The van der Waals surface area contributed by atoms with E-state index in [0.717, 1.165) is 12.8 Å². The molecule has 0 fully saturated rings. The number of aliphatic hydroxyl groups excluding tert-OH is 1. The van der Waals surface area contributed by atoms with E-state index in [-0.39, 0.29) is 17.7 Å². The van der Waals surface area contributed by atoms with Crippen LogP contribution in [0.1, 0.15) is 36.5 Å². The van der Waals surface area contributed by atoms with Crippen molar-refractivity contribution in [2.24, 2.45) is 0 Å². The average Bonchev–Trinajstić information content (AvgIpc) is 2.91. The number of esters is 1. The lowest BCUT2D eigenvalue weighted by Crippen LogP contribution is -2.22. The molecule has 0 atom stereocenters. The summed E-state index contributed by atoms with van der Waals surface area (Å²) in [6.07, 6.45) is 3.65. The Labute approximate surface area is 126 Å². The monoisotopic (exact) mass is 310 g/mol. The van der Waals surface area contributed by atoms with Gasteiger partial charge in [-0.1, -0.05) is 13.3 Å². The number of aliphatic hydroxyl groups is 1. The van der Waals surface area contributed by atoms with E-state index < -0.39 is 5.97 Å². The molecule has 0 aliphatic rings. The predicted molar refractivity (Wildman–Crippen MR) is 80.8 cm³/mol. The number of hydrogen-bond donors (Lipinski definition) is 1. The highest BCUT2D eigenvalue weighted by atomic mass is 32.1. The molecule has 2 rings (SSSR count). The van der Waals surface area contributed by atoms with Gasteiger partial charge in [-0.25, -0.2) is 9.78 Å². The molecule has 2 aromatic heterocycles. The standard InChI is InChI=1S/C14H18N2O4S/c1-2-3-7-20-14(19)10-8-21-12-11(10)13(18)16(9-15-12)5-4-6-17/h8-9,17H,2-7H2,1H3. The van der Waals surface area contributed by atoms with Crippen LogP contribution in [-0.2, 0) is 11.3 Å². The summed E-state index contributed by atoms with van der Waals surface area (Å²) in [5.74, 6) is -0.478. The van der Waals surface area contributed by atoms with Gasteiger partial charge in [0.2, 0.25) is 0 Å². The SMILES string of the molecule is CCCCOC(=O)c1csc2ncn(CCCO)c(=O)c12. The van der Waals surface area contributed by atoms with Gasteiger partial charge in [-0.15, -0.1) is 11.3 Å². The van der Waals surface area contributed by atoms with Gasteiger partial charge in [0.1, 0.15) is 4.83 Å². The van der Waals surface area contributed by atoms with Crippen molar-refractivity contribution in [3.63, 3.8) is 0 Å². The number of fused-ring (bicyclic) bond motifs is 1. The van der Waals surface area contributed by atoms with Gasteiger partial charge in [-0.2, -0.15) is 0 Å². The number of aromatic nitrogens is 2. The number of hydrogen-bond acceptors (Lipinski definition) is 6. The normalized spacial score (nSPS) is 11.0. The number of thiophene rings is 1. The fourth-order valence-electron chi connectivity index (χ4n) is 1.91. The van der Waals surface area contributed by atoms with Gasteiger partial charge in [-0.3, -0.25) is 9.36 Å². The average molecular weight is 310 g/mol. The van der Waals surface area contributed by atoms with Crippen LogP contribution in [0.15, 0.2) is 16.5 Å². The van der Waals surface area contributed by atoms with E-state index in [1.807, 2.05) is 6.92 Å². The van der Waals surface area contributed by atoms with Gasteiger partial charge < -0.3 is 9.84 Å². The number of ether oxygens (including phenoxy) is 1. The third-order valence-electron chi connectivity index (χ3n) is 3.07. The Morgan fingerprint density at radius 2 is 2.29 bits per heavy atom. The summed E-state index contributed by atoms with van der Waals surface area (Å²) in [5, 5.41) is 10.8. The zero-order chi connectivity index (χ0) is 15.2. The fraction of sp³-hybridized carbons (Fsp3) is 0.500. The first-order chi connectivity index (χ1) is 10.2. The first-order valence-corrected chi connectivity index (χ1v) is 7.81. The summed E-state index contributed by atoms with van der Waals surface area (Å²) in [6.45, 7) is 2.74. The second-order valence-electron chi connectivity index (χ2n) is 4.64. The quantitative estimate of drug-likeness (QED) is 0.623. The molecular weight excluding hydrogens is 292 g/mol. The molecule has 0 saturated carbocycles. The Morgan fingerprint density at radius 3 is 3.00 bits per heavy atom. The van der Waals surface area contributed by atoms with Crippen LogP contribution in [0.25, 0.3) is 10.2 Å². The molecule has 0 aliphatic carbocycles. The van der Waals surface area contributed by atoms with Crippen LogP contribution < -0.4 is 5.56 Å². The third-order valence-corrected chi connectivity index (χ3v) is 3.96. The summed E-state index contributed by atoms with van der Waals surface area (Å²) in [6, 6.07) is 0. The van der Waals surface area contributed by atoms with Crippen LogP contribution >= 0.6 is 11.3 Å². The van der Waals surface area contributed by atoms with Gasteiger partial charge in [0, 0.05) is 18.5 Å². The Bertz CT molecular complexity index is 677. The maximum atomic E-state index is 12.4. The highest BCUT2D eigenvalue weighted by Crippen LogP contribution is 2.21. The van der Waals surface area contributed by atoms with E-state index in [0.29, 0.717) is 29.8 Å². The zero-order valence-corrected chi connectivity index (χ0v) is 12.7. The van der Waals surface area contributed by atoms with Crippen LogP contribution in [-0.4, -0.2) is 33.8 Å². The van der Waals surface area contributed by atoms with E-state index in [1.165, 1.54) is 22.2 Å². The van der Waals surface area contributed by atoms with Crippen molar-refractivity contribution in [2.45, 2.75) is 32.7 Å². The molecule has 0 radical (unpaired) electrons. The molecule has 2 aromatic rings. The van der Waals surface area contributed by atoms with Gasteiger partial charge >= 0.3 is 5.97 Å². The van der Waals surface area contributed by atoms with Crippen molar-refractivity contribution in [1.82, 2.24) is 9.55 Å². The Kier molecular flexibility index (Phi) is 5.46. The minimum Gasteiger partial charge on any atom is -0.462 e. The van der Waals surface area contributed by atoms with Crippen LogP contribution in [0.3, 0.4) is 0 Å². The smallest absolute Gasteiger partial charge is 0.339 e. The molecule has 21 heavy (non-hydrogen) atoms. The molecule has 0 aromatic carbocycles. The summed E-state index contributed by atoms with van der Waals surface area (Å²) >= 11 is 1.25. The number of carbonyl (C=O) groups is 1. The molecular formula is C14H18N2O4S. The van der Waals surface area contributed by atoms with Crippen LogP contribution in [0, 0.1) is 0 Å².